The molecule has 3 aromatic rings. The van der Waals surface area contributed by atoms with E-state index in [9.17, 15) is 4.39 Å². The van der Waals surface area contributed by atoms with E-state index in [0.717, 1.165) is 15.3 Å². The van der Waals surface area contributed by atoms with Gasteiger partial charge in [0.2, 0.25) is 0 Å². The van der Waals surface area contributed by atoms with E-state index in [4.69, 9.17) is 5.73 Å². The molecule has 0 aliphatic heterocycles. The van der Waals surface area contributed by atoms with Crippen LogP contribution >= 0.6 is 11.8 Å². The molecule has 2 aromatic heterocycles. The number of anilines is 1. The number of rotatable bonds is 3. The quantitative estimate of drug-likeness (QED) is 0.803. The highest BCUT2D eigenvalue weighted by molar-refractivity contribution is 7.99. The second-order valence-corrected chi connectivity index (χ2v) is 5.20. The van der Waals surface area contributed by atoms with Crippen molar-refractivity contribution in [3.63, 3.8) is 0 Å². The number of nitrogens with two attached hydrogens (primary N) is 1. The maximum absolute atomic E-state index is 12.9. The van der Waals surface area contributed by atoms with E-state index in [1.807, 2.05) is 6.92 Å². The van der Waals surface area contributed by atoms with Crippen molar-refractivity contribution in [3.8, 4) is 0 Å². The van der Waals surface area contributed by atoms with Crippen molar-refractivity contribution < 1.29 is 4.39 Å². The van der Waals surface area contributed by atoms with E-state index in [0.29, 0.717) is 18.0 Å². The smallest absolute Gasteiger partial charge is 0.164 e. The van der Waals surface area contributed by atoms with Crippen LogP contribution in [0.25, 0.3) is 11.0 Å². The van der Waals surface area contributed by atoms with Crippen molar-refractivity contribution in [1.29, 1.82) is 0 Å². The van der Waals surface area contributed by atoms with Gasteiger partial charge in [-0.2, -0.15) is 5.10 Å². The predicted molar refractivity (Wildman–Crippen MR) is 75.9 cm³/mol. The van der Waals surface area contributed by atoms with Crippen molar-refractivity contribution in [1.82, 2.24) is 19.7 Å². The highest BCUT2D eigenvalue weighted by Gasteiger charge is 2.15. The highest BCUT2D eigenvalue weighted by Crippen LogP contribution is 2.34. The average Bonchev–Trinajstić information content (AvgIpc) is 2.81. The lowest BCUT2D eigenvalue weighted by Gasteiger charge is -1.99. The van der Waals surface area contributed by atoms with E-state index < -0.39 is 0 Å². The van der Waals surface area contributed by atoms with E-state index in [1.54, 1.807) is 16.8 Å². The fraction of sp³-hybridized carbons (Fsp3) is 0.154. The third-order valence-corrected chi connectivity index (χ3v) is 3.84. The molecule has 0 aliphatic carbocycles. The van der Waals surface area contributed by atoms with Crippen molar-refractivity contribution in [2.45, 2.75) is 23.4 Å². The van der Waals surface area contributed by atoms with Gasteiger partial charge in [0.05, 0.1) is 5.39 Å². The zero-order chi connectivity index (χ0) is 14.1. The lowest BCUT2D eigenvalue weighted by atomic mass is 10.3. The third kappa shape index (κ3) is 2.20. The van der Waals surface area contributed by atoms with Crippen LogP contribution in [0.4, 0.5) is 10.2 Å². The van der Waals surface area contributed by atoms with Crippen LogP contribution in [0, 0.1) is 5.82 Å². The van der Waals surface area contributed by atoms with Gasteiger partial charge in [0, 0.05) is 11.4 Å². The topological polar surface area (TPSA) is 69.6 Å². The Labute approximate surface area is 119 Å². The second-order valence-electron chi connectivity index (χ2n) is 4.13. The van der Waals surface area contributed by atoms with Crippen LogP contribution in [-0.2, 0) is 6.54 Å². The number of fused-ring (bicyclic) bond motifs is 1. The standard InChI is InChI=1S/C13H12FN5S/c1-2-19-12-10(11(15)16-7-17-12)13(18-19)20-9-5-3-8(14)4-6-9/h3-7H,2H2,1H3,(H2,15,16,17). The fourth-order valence-electron chi connectivity index (χ4n) is 1.90. The van der Waals surface area contributed by atoms with Crippen LogP contribution in [0.3, 0.4) is 0 Å². The van der Waals surface area contributed by atoms with Gasteiger partial charge in [-0.25, -0.2) is 19.0 Å². The minimum atomic E-state index is -0.263. The molecule has 2 heterocycles. The molecule has 0 fully saturated rings. The van der Waals surface area contributed by atoms with Crippen LogP contribution < -0.4 is 5.73 Å². The zero-order valence-electron chi connectivity index (χ0n) is 10.7. The summed E-state index contributed by atoms with van der Waals surface area (Å²) in [6.45, 7) is 2.67. The largest absolute Gasteiger partial charge is 0.383 e. The Kier molecular flexibility index (Phi) is 3.27. The van der Waals surface area contributed by atoms with Gasteiger partial charge in [-0.05, 0) is 31.2 Å². The lowest BCUT2D eigenvalue weighted by molar-refractivity contribution is 0.626. The van der Waals surface area contributed by atoms with Gasteiger partial charge in [-0.15, -0.1) is 0 Å². The molecule has 3 rings (SSSR count). The number of nitrogen functional groups attached to an aromatic ring is 1. The first-order valence-corrected chi connectivity index (χ1v) is 6.91. The molecule has 5 nitrogen and oxygen atoms in total. The molecule has 102 valence electrons. The van der Waals surface area contributed by atoms with Crippen molar-refractivity contribution in [3.05, 3.63) is 36.4 Å². The number of benzene rings is 1. The summed E-state index contributed by atoms with van der Waals surface area (Å²) in [5, 5.41) is 5.96. The molecule has 0 radical (unpaired) electrons. The van der Waals surface area contributed by atoms with Crippen LogP contribution in [0.5, 0.6) is 0 Å². The van der Waals surface area contributed by atoms with Crippen LogP contribution in [0.2, 0.25) is 0 Å². The number of hydrogen-bond acceptors (Lipinski definition) is 5. The summed E-state index contributed by atoms with van der Waals surface area (Å²) in [4.78, 5) is 9.12. The Morgan fingerprint density at radius 1 is 1.25 bits per heavy atom. The van der Waals surface area contributed by atoms with Gasteiger partial charge in [0.25, 0.3) is 0 Å². The number of aromatic nitrogens is 4. The van der Waals surface area contributed by atoms with E-state index >= 15 is 0 Å². The minimum Gasteiger partial charge on any atom is -0.383 e. The van der Waals surface area contributed by atoms with Gasteiger partial charge in [-0.3, -0.25) is 0 Å². The van der Waals surface area contributed by atoms with Crippen molar-refractivity contribution in [2.24, 2.45) is 0 Å². The van der Waals surface area contributed by atoms with Gasteiger partial charge in [0.15, 0.2) is 5.65 Å². The molecule has 0 saturated heterocycles. The molecule has 0 atom stereocenters. The predicted octanol–water partition coefficient (Wildman–Crippen LogP) is 2.72. The Balaban J connectivity index is 2.09. The third-order valence-electron chi connectivity index (χ3n) is 2.85. The molecule has 1 aromatic carbocycles. The number of hydrogen-bond donors (Lipinski definition) is 1. The summed E-state index contributed by atoms with van der Waals surface area (Å²) in [6, 6.07) is 6.25. The van der Waals surface area contributed by atoms with Crippen LogP contribution in [-0.4, -0.2) is 19.7 Å². The van der Waals surface area contributed by atoms with Crippen molar-refractivity contribution >= 4 is 28.6 Å². The fourth-order valence-corrected chi connectivity index (χ4v) is 2.84. The first-order valence-electron chi connectivity index (χ1n) is 6.09. The van der Waals surface area contributed by atoms with E-state index in [2.05, 4.69) is 15.1 Å². The van der Waals surface area contributed by atoms with Crippen LogP contribution in [0.1, 0.15) is 6.92 Å². The molecule has 0 unspecified atom stereocenters. The first kappa shape index (κ1) is 12.9. The first-order chi connectivity index (χ1) is 9.69. The van der Waals surface area contributed by atoms with Gasteiger partial charge in [-0.1, -0.05) is 11.8 Å². The van der Waals surface area contributed by atoms with Crippen molar-refractivity contribution in [2.75, 3.05) is 5.73 Å². The number of nitrogens with zero attached hydrogens (tertiary/aromatic N) is 4. The summed E-state index contributed by atoms with van der Waals surface area (Å²) in [5.41, 5.74) is 6.64. The molecule has 0 bridgehead atoms. The van der Waals surface area contributed by atoms with Gasteiger partial charge < -0.3 is 5.73 Å². The Morgan fingerprint density at radius 2 is 2.00 bits per heavy atom. The average molecular weight is 289 g/mol. The molecule has 0 amide bonds. The van der Waals surface area contributed by atoms with Gasteiger partial charge >= 0.3 is 0 Å². The number of halogens is 1. The summed E-state index contributed by atoms with van der Waals surface area (Å²) in [6.07, 6.45) is 1.43. The summed E-state index contributed by atoms with van der Waals surface area (Å²) in [7, 11) is 0. The SMILES string of the molecule is CCn1nc(Sc2ccc(F)cc2)c2c(N)ncnc21. The Hall–Kier alpha value is -2.15. The minimum absolute atomic E-state index is 0.263. The maximum atomic E-state index is 12.9. The molecular weight excluding hydrogens is 277 g/mol. The molecule has 2 N–H and O–H groups in total. The summed E-state index contributed by atoms with van der Waals surface area (Å²) < 4.78 is 14.7. The summed E-state index contributed by atoms with van der Waals surface area (Å²) >= 11 is 1.42. The second kappa shape index (κ2) is 5.09. The van der Waals surface area contributed by atoms with Gasteiger partial charge in [0.1, 0.15) is 23.0 Å². The molecular formula is C13H12FN5S. The Morgan fingerprint density at radius 3 is 2.70 bits per heavy atom. The summed E-state index contributed by atoms with van der Waals surface area (Å²) in [5.74, 6) is 0.139. The maximum Gasteiger partial charge on any atom is 0.164 e. The lowest BCUT2D eigenvalue weighted by Crippen LogP contribution is -1.98. The molecule has 0 spiro atoms. The highest BCUT2D eigenvalue weighted by atomic mass is 32.2. The Bertz CT molecular complexity index is 753. The number of aryl methyl sites for hydroxylation is 1. The van der Waals surface area contributed by atoms with E-state index in [1.165, 1.54) is 30.2 Å². The monoisotopic (exact) mass is 289 g/mol. The normalized spacial score (nSPS) is 11.1. The molecule has 0 aliphatic rings. The zero-order valence-corrected chi connectivity index (χ0v) is 11.6. The molecule has 0 saturated carbocycles. The van der Waals surface area contributed by atoms with E-state index in [-0.39, 0.29) is 5.82 Å². The molecule has 7 heteroatoms. The molecule has 20 heavy (non-hydrogen) atoms. The van der Waals surface area contributed by atoms with Crippen LogP contribution in [0.15, 0.2) is 40.5 Å².